The van der Waals surface area contributed by atoms with Crippen LogP contribution in [0.1, 0.15) is 18.1 Å². The van der Waals surface area contributed by atoms with E-state index in [4.69, 9.17) is 0 Å². The molecule has 6 heteroatoms. The van der Waals surface area contributed by atoms with Crippen molar-refractivity contribution in [3.63, 3.8) is 0 Å². The number of hydrogen-bond acceptors (Lipinski definition) is 4. The van der Waals surface area contributed by atoms with Gasteiger partial charge in [-0.1, -0.05) is 30.3 Å². The second kappa shape index (κ2) is 7.15. The Kier molecular flexibility index (Phi) is 4.54. The minimum absolute atomic E-state index is 0.0811. The predicted molar refractivity (Wildman–Crippen MR) is 103 cm³/mol. The number of hydrogen-bond donors (Lipinski definition) is 1. The van der Waals surface area contributed by atoms with E-state index in [0.29, 0.717) is 17.4 Å². The van der Waals surface area contributed by atoms with Crippen molar-refractivity contribution in [1.82, 2.24) is 10.2 Å². The van der Waals surface area contributed by atoms with Gasteiger partial charge in [0, 0.05) is 11.7 Å². The fourth-order valence-electron chi connectivity index (χ4n) is 3.45. The van der Waals surface area contributed by atoms with Gasteiger partial charge >= 0.3 is 0 Å². The number of carbonyl (C=O) groups is 1. The summed E-state index contributed by atoms with van der Waals surface area (Å²) in [6, 6.07) is 18.1. The zero-order chi connectivity index (χ0) is 18.8. The molecule has 2 aromatic carbocycles. The fraction of sp³-hybridized carbons (Fsp3) is 0.190. The Balaban J connectivity index is 1.46. The summed E-state index contributed by atoms with van der Waals surface area (Å²) in [6.07, 6.45) is 1.04. The van der Waals surface area contributed by atoms with Gasteiger partial charge in [-0.3, -0.25) is 4.79 Å². The van der Waals surface area contributed by atoms with Crippen LogP contribution in [0.25, 0.3) is 0 Å². The van der Waals surface area contributed by atoms with Gasteiger partial charge in [0.05, 0.1) is 6.42 Å². The van der Waals surface area contributed by atoms with Crippen molar-refractivity contribution < 1.29 is 9.18 Å². The van der Waals surface area contributed by atoms with Crippen molar-refractivity contribution in [1.29, 1.82) is 0 Å². The van der Waals surface area contributed by atoms with Gasteiger partial charge < -0.3 is 10.2 Å². The molecule has 4 rings (SSSR count). The number of aromatic nitrogens is 2. The van der Waals surface area contributed by atoms with Crippen molar-refractivity contribution in [3.8, 4) is 0 Å². The standard InChI is InChI=1S/C21H19FN4O/c1-14-11-16-6-2-3-8-18(16)26(14)20-10-9-19(24-25-20)23-21(27)13-15-5-4-7-17(22)12-15/h2-10,12,14H,11,13H2,1H3,(H,23,24,27). The second-order valence-electron chi connectivity index (χ2n) is 6.68. The number of rotatable bonds is 4. The molecule has 1 atom stereocenters. The zero-order valence-electron chi connectivity index (χ0n) is 14.9. The molecule has 1 aromatic heterocycles. The Morgan fingerprint density at radius 1 is 1.15 bits per heavy atom. The normalized spacial score (nSPS) is 15.5. The summed E-state index contributed by atoms with van der Waals surface area (Å²) in [6.45, 7) is 2.15. The molecule has 1 N–H and O–H groups in total. The van der Waals surface area contributed by atoms with Crippen LogP contribution in [0.2, 0.25) is 0 Å². The van der Waals surface area contributed by atoms with Crippen LogP contribution in [0.4, 0.5) is 21.7 Å². The Morgan fingerprint density at radius 3 is 2.78 bits per heavy atom. The lowest BCUT2D eigenvalue weighted by Crippen LogP contribution is -2.25. The molecule has 0 bridgehead atoms. The maximum Gasteiger partial charge on any atom is 0.229 e. The van der Waals surface area contributed by atoms with E-state index >= 15 is 0 Å². The molecule has 2 heterocycles. The highest BCUT2D eigenvalue weighted by Crippen LogP contribution is 2.36. The number of halogens is 1. The van der Waals surface area contributed by atoms with Crippen LogP contribution in [-0.2, 0) is 17.6 Å². The average Bonchev–Trinajstić information content (AvgIpc) is 2.98. The van der Waals surface area contributed by atoms with Crippen LogP contribution in [0.5, 0.6) is 0 Å². The SMILES string of the molecule is CC1Cc2ccccc2N1c1ccc(NC(=O)Cc2cccc(F)c2)nn1. The van der Waals surface area contributed by atoms with Crippen LogP contribution < -0.4 is 10.2 Å². The third-order valence-corrected chi connectivity index (χ3v) is 4.63. The van der Waals surface area contributed by atoms with Gasteiger partial charge in [-0.2, -0.15) is 0 Å². The second-order valence-corrected chi connectivity index (χ2v) is 6.68. The highest BCUT2D eigenvalue weighted by molar-refractivity contribution is 5.91. The molecule has 1 aliphatic heterocycles. The van der Waals surface area contributed by atoms with E-state index in [2.05, 4.69) is 39.5 Å². The summed E-state index contributed by atoms with van der Waals surface area (Å²) >= 11 is 0. The van der Waals surface area contributed by atoms with Crippen molar-refractivity contribution in [2.45, 2.75) is 25.8 Å². The van der Waals surface area contributed by atoms with Gasteiger partial charge in [0.25, 0.3) is 0 Å². The van der Waals surface area contributed by atoms with E-state index < -0.39 is 0 Å². The molecule has 0 spiro atoms. The number of nitrogens with one attached hydrogen (secondary N) is 1. The van der Waals surface area contributed by atoms with E-state index in [1.807, 2.05) is 18.2 Å². The maximum absolute atomic E-state index is 13.2. The van der Waals surface area contributed by atoms with E-state index in [1.165, 1.54) is 17.7 Å². The molecule has 1 unspecified atom stereocenters. The van der Waals surface area contributed by atoms with Crippen molar-refractivity contribution in [2.75, 3.05) is 10.2 Å². The summed E-state index contributed by atoms with van der Waals surface area (Å²) in [7, 11) is 0. The monoisotopic (exact) mass is 362 g/mol. The van der Waals surface area contributed by atoms with E-state index in [9.17, 15) is 9.18 Å². The molecule has 0 fully saturated rings. The van der Waals surface area contributed by atoms with Crippen LogP contribution >= 0.6 is 0 Å². The Morgan fingerprint density at radius 2 is 2.00 bits per heavy atom. The van der Waals surface area contributed by atoms with Gasteiger partial charge in [-0.15, -0.1) is 10.2 Å². The Bertz CT molecular complexity index is 974. The zero-order valence-corrected chi connectivity index (χ0v) is 14.9. The Hall–Kier alpha value is -3.28. The molecule has 27 heavy (non-hydrogen) atoms. The summed E-state index contributed by atoms with van der Waals surface area (Å²) in [5, 5.41) is 11.1. The Labute approximate surface area is 156 Å². The lowest BCUT2D eigenvalue weighted by atomic mass is 10.1. The third kappa shape index (κ3) is 3.65. The van der Waals surface area contributed by atoms with Crippen LogP contribution in [0.3, 0.4) is 0 Å². The molecular weight excluding hydrogens is 343 g/mol. The van der Waals surface area contributed by atoms with E-state index in [0.717, 1.165) is 17.9 Å². The quantitative estimate of drug-likeness (QED) is 0.765. The van der Waals surface area contributed by atoms with Gasteiger partial charge in [0.2, 0.25) is 5.91 Å². The first-order valence-corrected chi connectivity index (χ1v) is 8.85. The fourth-order valence-corrected chi connectivity index (χ4v) is 3.45. The van der Waals surface area contributed by atoms with E-state index in [-0.39, 0.29) is 18.1 Å². The molecule has 136 valence electrons. The van der Waals surface area contributed by atoms with Crippen molar-refractivity contribution in [3.05, 3.63) is 77.6 Å². The van der Waals surface area contributed by atoms with E-state index in [1.54, 1.807) is 18.2 Å². The molecule has 5 nitrogen and oxygen atoms in total. The summed E-state index contributed by atoms with van der Waals surface area (Å²) in [5.41, 5.74) is 3.04. The molecule has 1 amide bonds. The molecule has 0 saturated carbocycles. The first-order chi connectivity index (χ1) is 13.1. The average molecular weight is 362 g/mol. The molecule has 0 saturated heterocycles. The highest BCUT2D eigenvalue weighted by Gasteiger charge is 2.27. The minimum Gasteiger partial charge on any atom is -0.321 e. The largest absolute Gasteiger partial charge is 0.321 e. The molecule has 0 radical (unpaired) electrons. The van der Waals surface area contributed by atoms with Gasteiger partial charge in [0.15, 0.2) is 11.6 Å². The minimum atomic E-state index is -0.357. The summed E-state index contributed by atoms with van der Waals surface area (Å²) < 4.78 is 13.2. The first-order valence-electron chi connectivity index (χ1n) is 8.85. The maximum atomic E-state index is 13.2. The van der Waals surface area contributed by atoms with Crippen LogP contribution in [0.15, 0.2) is 60.7 Å². The highest BCUT2D eigenvalue weighted by atomic mass is 19.1. The van der Waals surface area contributed by atoms with Crippen LogP contribution in [0, 0.1) is 5.82 Å². The smallest absolute Gasteiger partial charge is 0.229 e. The van der Waals surface area contributed by atoms with Gasteiger partial charge in [0.1, 0.15) is 5.82 Å². The molecule has 3 aromatic rings. The lowest BCUT2D eigenvalue weighted by molar-refractivity contribution is -0.115. The number of benzene rings is 2. The summed E-state index contributed by atoms with van der Waals surface area (Å²) in [5.74, 6) is 0.503. The molecule has 0 aliphatic carbocycles. The number of fused-ring (bicyclic) bond motifs is 1. The topological polar surface area (TPSA) is 58.1 Å². The number of anilines is 3. The molecular formula is C21H19FN4O. The third-order valence-electron chi connectivity index (χ3n) is 4.63. The van der Waals surface area contributed by atoms with Gasteiger partial charge in [-0.05, 0) is 54.8 Å². The van der Waals surface area contributed by atoms with Gasteiger partial charge in [-0.25, -0.2) is 4.39 Å². The van der Waals surface area contributed by atoms with Crippen molar-refractivity contribution in [2.24, 2.45) is 0 Å². The number of nitrogens with zero attached hydrogens (tertiary/aromatic N) is 3. The first kappa shape index (κ1) is 17.1. The lowest BCUT2D eigenvalue weighted by Gasteiger charge is -2.23. The summed E-state index contributed by atoms with van der Waals surface area (Å²) in [4.78, 5) is 14.3. The molecule has 1 aliphatic rings. The number of para-hydroxylation sites is 1. The number of carbonyl (C=O) groups excluding carboxylic acids is 1. The predicted octanol–water partition coefficient (Wildman–Crippen LogP) is 3.88. The van der Waals surface area contributed by atoms with Crippen molar-refractivity contribution >= 4 is 23.2 Å². The number of amides is 1. The van der Waals surface area contributed by atoms with Crippen LogP contribution in [-0.4, -0.2) is 22.1 Å².